The van der Waals surface area contributed by atoms with Crippen molar-refractivity contribution >= 4 is 0 Å². The van der Waals surface area contributed by atoms with E-state index in [1.54, 1.807) is 6.92 Å². The molecule has 1 atom stereocenters. The fourth-order valence-corrected chi connectivity index (χ4v) is 1.08. The highest BCUT2D eigenvalue weighted by atomic mass is 19.1. The Bertz CT molecular complexity index is 315. The lowest BCUT2D eigenvalue weighted by Gasteiger charge is -2.11. The summed E-state index contributed by atoms with van der Waals surface area (Å²) in [6.45, 7) is 1.22. The van der Waals surface area contributed by atoms with Crippen LogP contribution in [-0.4, -0.2) is 16.8 Å². The number of rotatable bonds is 2. The predicted octanol–water partition coefficient (Wildman–Crippen LogP) is 0.832. The molecule has 4 N–H and O–H groups in total. The number of aryl methyl sites for hydroxylation is 1. The van der Waals surface area contributed by atoms with Gasteiger partial charge in [0.25, 0.3) is 0 Å². The number of aliphatic hydroxyl groups is 1. The van der Waals surface area contributed by atoms with Crippen LogP contribution >= 0.6 is 0 Å². The molecule has 4 heteroatoms. The maximum Gasteiger partial charge on any atom is 0.126 e. The third-order valence-corrected chi connectivity index (χ3v) is 1.90. The van der Waals surface area contributed by atoms with Crippen molar-refractivity contribution in [2.45, 2.75) is 13.0 Å². The van der Waals surface area contributed by atoms with Crippen molar-refractivity contribution in [1.82, 2.24) is 0 Å². The van der Waals surface area contributed by atoms with Crippen molar-refractivity contribution in [2.75, 3.05) is 6.61 Å². The van der Waals surface area contributed by atoms with Gasteiger partial charge in [0.2, 0.25) is 0 Å². The summed E-state index contributed by atoms with van der Waals surface area (Å²) in [5, 5.41) is 18.1. The Morgan fingerprint density at radius 2 is 2.15 bits per heavy atom. The number of hydrogen-bond acceptors (Lipinski definition) is 3. The van der Waals surface area contributed by atoms with E-state index in [1.807, 2.05) is 0 Å². The molecule has 1 aromatic carbocycles. The highest BCUT2D eigenvalue weighted by Crippen LogP contribution is 2.25. The number of phenolic OH excluding ortho intramolecular Hbond substituents is 1. The van der Waals surface area contributed by atoms with Gasteiger partial charge in [0.1, 0.15) is 11.6 Å². The molecule has 0 amide bonds. The molecular weight excluding hydrogens is 173 g/mol. The second-order valence-electron chi connectivity index (χ2n) is 2.95. The van der Waals surface area contributed by atoms with Gasteiger partial charge in [-0.3, -0.25) is 0 Å². The molecule has 3 nitrogen and oxygen atoms in total. The summed E-state index contributed by atoms with van der Waals surface area (Å²) in [5.41, 5.74) is 6.02. The summed E-state index contributed by atoms with van der Waals surface area (Å²) in [7, 11) is 0. The monoisotopic (exact) mass is 185 g/mol. The van der Waals surface area contributed by atoms with Gasteiger partial charge in [0, 0.05) is 5.56 Å². The number of nitrogens with two attached hydrogens (primary N) is 1. The van der Waals surface area contributed by atoms with Crippen LogP contribution in [0.1, 0.15) is 17.2 Å². The first-order chi connectivity index (χ1) is 6.06. The number of benzene rings is 1. The molecule has 0 aliphatic rings. The third kappa shape index (κ3) is 1.96. The second-order valence-corrected chi connectivity index (χ2v) is 2.95. The lowest BCUT2D eigenvalue weighted by molar-refractivity contribution is 0.265. The van der Waals surface area contributed by atoms with Gasteiger partial charge in [0.15, 0.2) is 0 Å². The van der Waals surface area contributed by atoms with Gasteiger partial charge in [-0.1, -0.05) is 0 Å². The highest BCUT2D eigenvalue weighted by Gasteiger charge is 2.12. The fourth-order valence-electron chi connectivity index (χ4n) is 1.08. The molecular formula is C9H12FNO2. The molecule has 0 aliphatic heterocycles. The Labute approximate surface area is 75.6 Å². The Morgan fingerprint density at radius 1 is 1.54 bits per heavy atom. The van der Waals surface area contributed by atoms with Crippen LogP contribution in [0.15, 0.2) is 12.1 Å². The van der Waals surface area contributed by atoms with Crippen LogP contribution in [0.25, 0.3) is 0 Å². The van der Waals surface area contributed by atoms with Gasteiger partial charge < -0.3 is 15.9 Å². The zero-order valence-corrected chi connectivity index (χ0v) is 7.29. The van der Waals surface area contributed by atoms with Gasteiger partial charge in [-0.15, -0.1) is 0 Å². The summed E-state index contributed by atoms with van der Waals surface area (Å²) < 4.78 is 13.0. The van der Waals surface area contributed by atoms with Crippen LogP contribution in [0.5, 0.6) is 5.75 Å². The van der Waals surface area contributed by atoms with Crippen LogP contribution in [0.2, 0.25) is 0 Å². The predicted molar refractivity (Wildman–Crippen MR) is 46.8 cm³/mol. The SMILES string of the molecule is Cc1cc(O)c(C(N)CO)cc1F. The first-order valence-corrected chi connectivity index (χ1v) is 3.91. The summed E-state index contributed by atoms with van der Waals surface area (Å²) in [4.78, 5) is 0. The van der Waals surface area contributed by atoms with E-state index in [9.17, 15) is 9.50 Å². The van der Waals surface area contributed by atoms with Crippen molar-refractivity contribution in [3.8, 4) is 5.75 Å². The number of phenols is 1. The average Bonchev–Trinajstić information content (AvgIpc) is 2.10. The lowest BCUT2D eigenvalue weighted by Crippen LogP contribution is -2.15. The van der Waals surface area contributed by atoms with Crippen molar-refractivity contribution < 1.29 is 14.6 Å². The van der Waals surface area contributed by atoms with Crippen LogP contribution < -0.4 is 5.73 Å². The zero-order chi connectivity index (χ0) is 10.0. The van der Waals surface area contributed by atoms with Crippen LogP contribution in [0.4, 0.5) is 4.39 Å². The average molecular weight is 185 g/mol. The van der Waals surface area contributed by atoms with Crippen LogP contribution in [-0.2, 0) is 0 Å². The molecule has 0 aliphatic carbocycles. The number of aliphatic hydroxyl groups excluding tert-OH is 1. The topological polar surface area (TPSA) is 66.5 Å². The zero-order valence-electron chi connectivity index (χ0n) is 7.29. The number of hydrogen-bond donors (Lipinski definition) is 3. The van der Waals surface area contributed by atoms with E-state index in [0.29, 0.717) is 5.56 Å². The number of aromatic hydroxyl groups is 1. The first-order valence-electron chi connectivity index (χ1n) is 3.91. The minimum atomic E-state index is -0.741. The summed E-state index contributed by atoms with van der Waals surface area (Å²) >= 11 is 0. The minimum absolute atomic E-state index is 0.0829. The molecule has 0 saturated heterocycles. The van der Waals surface area contributed by atoms with Crippen molar-refractivity contribution in [3.05, 3.63) is 29.1 Å². The van der Waals surface area contributed by atoms with E-state index < -0.39 is 11.9 Å². The summed E-state index contributed by atoms with van der Waals surface area (Å²) in [5.74, 6) is -0.517. The Balaban J connectivity index is 3.15. The van der Waals surface area contributed by atoms with Crippen molar-refractivity contribution in [2.24, 2.45) is 5.73 Å². The van der Waals surface area contributed by atoms with E-state index in [1.165, 1.54) is 6.07 Å². The van der Waals surface area contributed by atoms with Gasteiger partial charge in [0.05, 0.1) is 12.6 Å². The molecule has 72 valence electrons. The molecule has 0 spiro atoms. The first kappa shape index (κ1) is 9.95. The molecule has 1 unspecified atom stereocenters. The van der Waals surface area contributed by atoms with E-state index in [4.69, 9.17) is 10.8 Å². The van der Waals surface area contributed by atoms with E-state index >= 15 is 0 Å². The standard InChI is InChI=1S/C9H12FNO2/c1-5-2-9(13)6(3-7(5)10)8(11)4-12/h2-3,8,12-13H,4,11H2,1H3. The van der Waals surface area contributed by atoms with Crippen LogP contribution in [0.3, 0.4) is 0 Å². The quantitative estimate of drug-likeness (QED) is 0.639. The smallest absolute Gasteiger partial charge is 0.126 e. The molecule has 0 aromatic heterocycles. The molecule has 1 rings (SSSR count). The van der Waals surface area contributed by atoms with Gasteiger partial charge >= 0.3 is 0 Å². The minimum Gasteiger partial charge on any atom is -0.508 e. The molecule has 13 heavy (non-hydrogen) atoms. The molecule has 0 fully saturated rings. The maximum atomic E-state index is 13.0. The highest BCUT2D eigenvalue weighted by molar-refractivity contribution is 5.38. The van der Waals surface area contributed by atoms with E-state index in [0.717, 1.165) is 6.07 Å². The van der Waals surface area contributed by atoms with Crippen molar-refractivity contribution in [1.29, 1.82) is 0 Å². The molecule has 0 saturated carbocycles. The van der Waals surface area contributed by atoms with E-state index in [-0.39, 0.29) is 17.9 Å². The van der Waals surface area contributed by atoms with E-state index in [2.05, 4.69) is 0 Å². The molecule has 0 radical (unpaired) electrons. The Kier molecular flexibility index (Phi) is 2.85. The lowest BCUT2D eigenvalue weighted by atomic mass is 10.0. The maximum absolute atomic E-state index is 13.0. The molecule has 0 bridgehead atoms. The van der Waals surface area contributed by atoms with Gasteiger partial charge in [-0.25, -0.2) is 4.39 Å². The normalized spacial score (nSPS) is 12.9. The largest absolute Gasteiger partial charge is 0.508 e. The van der Waals surface area contributed by atoms with Gasteiger partial charge in [-0.2, -0.15) is 0 Å². The van der Waals surface area contributed by atoms with Gasteiger partial charge in [-0.05, 0) is 24.6 Å². The Morgan fingerprint density at radius 3 is 2.69 bits per heavy atom. The molecule has 0 heterocycles. The molecule has 1 aromatic rings. The second kappa shape index (κ2) is 3.72. The Hall–Kier alpha value is -1.13. The van der Waals surface area contributed by atoms with Crippen LogP contribution in [0, 0.1) is 12.7 Å². The summed E-state index contributed by atoms with van der Waals surface area (Å²) in [6, 6.07) is 1.70. The number of halogens is 1. The van der Waals surface area contributed by atoms with Crippen molar-refractivity contribution in [3.63, 3.8) is 0 Å². The summed E-state index contributed by atoms with van der Waals surface area (Å²) in [6.07, 6.45) is 0. The fraction of sp³-hybridized carbons (Fsp3) is 0.333. The third-order valence-electron chi connectivity index (χ3n) is 1.90.